The van der Waals surface area contributed by atoms with E-state index in [-0.39, 0.29) is 0 Å². The average molecular weight is 221 g/mol. The molecule has 0 aromatic heterocycles. The Hall–Kier alpha value is -1.59. The minimum Gasteiger partial charge on any atom is -0.398 e. The van der Waals surface area contributed by atoms with Gasteiger partial charge in [-0.1, -0.05) is 0 Å². The van der Waals surface area contributed by atoms with Crippen LogP contribution in [0.5, 0.6) is 0 Å². The number of nitrogens with two attached hydrogens (primary N) is 1. The van der Waals surface area contributed by atoms with Gasteiger partial charge in [0.15, 0.2) is 5.78 Å². The lowest BCUT2D eigenvalue weighted by Crippen LogP contribution is -2.12. The summed E-state index contributed by atoms with van der Waals surface area (Å²) in [6.07, 6.45) is -4.69. The molecule has 0 spiro atoms. The number of ketones is 1. The summed E-state index contributed by atoms with van der Waals surface area (Å²) in [5.41, 5.74) is 2.46. The van der Waals surface area contributed by atoms with Gasteiger partial charge in [-0.25, -0.2) is 4.39 Å². The summed E-state index contributed by atoms with van der Waals surface area (Å²) in [6, 6.07) is 0.923. The Morgan fingerprint density at radius 1 is 1.33 bits per heavy atom. The van der Waals surface area contributed by atoms with Crippen LogP contribution in [0.3, 0.4) is 0 Å². The van der Waals surface area contributed by atoms with Crippen molar-refractivity contribution in [1.82, 2.24) is 0 Å². The summed E-state index contributed by atoms with van der Waals surface area (Å²) < 4.78 is 49.9. The molecular weight excluding hydrogens is 214 g/mol. The fraction of sp³-hybridized carbons (Fsp3) is 0.222. The molecule has 1 rings (SSSR count). The van der Waals surface area contributed by atoms with Crippen molar-refractivity contribution in [2.24, 2.45) is 0 Å². The van der Waals surface area contributed by atoms with Crippen LogP contribution < -0.4 is 5.73 Å². The molecule has 6 heteroatoms. The van der Waals surface area contributed by atoms with Crippen molar-refractivity contribution in [1.29, 1.82) is 0 Å². The monoisotopic (exact) mass is 221 g/mol. The lowest BCUT2D eigenvalue weighted by Gasteiger charge is -2.11. The molecular formula is C9H7F4NO. The van der Waals surface area contributed by atoms with Gasteiger partial charge in [-0.3, -0.25) is 4.79 Å². The highest BCUT2D eigenvalue weighted by Gasteiger charge is 2.34. The van der Waals surface area contributed by atoms with Gasteiger partial charge in [0.1, 0.15) is 5.82 Å². The minimum atomic E-state index is -4.69. The lowest BCUT2D eigenvalue weighted by molar-refractivity contribution is -0.136. The number of rotatable bonds is 1. The number of anilines is 1. The van der Waals surface area contributed by atoms with Crippen LogP contribution in [0.2, 0.25) is 0 Å². The molecule has 0 aliphatic heterocycles. The summed E-state index contributed by atoms with van der Waals surface area (Å²) >= 11 is 0. The quantitative estimate of drug-likeness (QED) is 0.450. The van der Waals surface area contributed by atoms with Crippen molar-refractivity contribution in [3.05, 3.63) is 29.1 Å². The Labute approximate surface area is 82.7 Å². The van der Waals surface area contributed by atoms with Crippen molar-refractivity contribution in [3.63, 3.8) is 0 Å². The molecule has 0 radical (unpaired) electrons. The van der Waals surface area contributed by atoms with Crippen molar-refractivity contribution in [2.75, 3.05) is 5.73 Å². The van der Waals surface area contributed by atoms with Crippen LogP contribution in [0, 0.1) is 5.82 Å². The average Bonchev–Trinajstić information content (AvgIpc) is 2.00. The highest BCUT2D eigenvalue weighted by molar-refractivity contribution is 5.95. The molecule has 0 aliphatic rings. The van der Waals surface area contributed by atoms with Crippen molar-refractivity contribution >= 4 is 11.5 Å². The normalized spacial score (nSPS) is 11.5. The summed E-state index contributed by atoms with van der Waals surface area (Å²) in [4.78, 5) is 10.8. The van der Waals surface area contributed by atoms with E-state index >= 15 is 0 Å². The van der Waals surface area contributed by atoms with Gasteiger partial charge < -0.3 is 5.73 Å². The SMILES string of the molecule is CC(=O)c1cc(C(F)(F)F)c(N)cc1F. The van der Waals surface area contributed by atoms with E-state index in [1.807, 2.05) is 0 Å². The van der Waals surface area contributed by atoms with Gasteiger partial charge in [0, 0.05) is 5.69 Å². The molecule has 0 amide bonds. The Morgan fingerprint density at radius 3 is 2.27 bits per heavy atom. The Balaban J connectivity index is 3.43. The predicted molar refractivity (Wildman–Crippen MR) is 45.8 cm³/mol. The molecule has 2 N–H and O–H groups in total. The topological polar surface area (TPSA) is 43.1 Å². The summed E-state index contributed by atoms with van der Waals surface area (Å²) in [6.45, 7) is 0.981. The Bertz CT molecular complexity index is 411. The number of hydrogen-bond acceptors (Lipinski definition) is 2. The van der Waals surface area contributed by atoms with E-state index < -0.39 is 34.6 Å². The number of nitrogen functional groups attached to an aromatic ring is 1. The second kappa shape index (κ2) is 3.52. The molecule has 0 bridgehead atoms. The zero-order valence-corrected chi connectivity index (χ0v) is 7.65. The zero-order chi connectivity index (χ0) is 11.8. The van der Waals surface area contributed by atoms with Gasteiger partial charge in [-0.15, -0.1) is 0 Å². The molecule has 0 heterocycles. The van der Waals surface area contributed by atoms with Crippen LogP contribution in [0.15, 0.2) is 12.1 Å². The van der Waals surface area contributed by atoms with Crippen LogP contribution in [-0.2, 0) is 6.18 Å². The first kappa shape index (κ1) is 11.5. The van der Waals surface area contributed by atoms with Gasteiger partial charge in [0.05, 0.1) is 11.1 Å². The molecule has 1 aromatic carbocycles. The molecule has 2 nitrogen and oxygen atoms in total. The van der Waals surface area contributed by atoms with Crippen LogP contribution in [0.1, 0.15) is 22.8 Å². The third-order valence-corrected chi connectivity index (χ3v) is 1.82. The van der Waals surface area contributed by atoms with Gasteiger partial charge in [0.2, 0.25) is 0 Å². The standard InChI is InChI=1S/C9H7F4NO/c1-4(15)5-2-6(9(11,12)13)8(14)3-7(5)10/h2-3H,14H2,1H3. The number of alkyl halides is 3. The summed E-state index contributed by atoms with van der Waals surface area (Å²) in [5, 5.41) is 0. The van der Waals surface area contributed by atoms with Crippen molar-refractivity contribution in [2.45, 2.75) is 13.1 Å². The number of Topliss-reactive ketones (excluding diaryl/α,β-unsaturated/α-hetero) is 1. The maximum atomic E-state index is 13.0. The van der Waals surface area contributed by atoms with Gasteiger partial charge in [0.25, 0.3) is 0 Å². The third kappa shape index (κ3) is 2.26. The van der Waals surface area contributed by atoms with Crippen LogP contribution >= 0.6 is 0 Å². The van der Waals surface area contributed by atoms with Crippen LogP contribution in [0.4, 0.5) is 23.2 Å². The zero-order valence-electron chi connectivity index (χ0n) is 7.65. The van der Waals surface area contributed by atoms with Gasteiger partial charge in [-0.05, 0) is 19.1 Å². The fourth-order valence-corrected chi connectivity index (χ4v) is 1.10. The molecule has 0 fully saturated rings. The van der Waals surface area contributed by atoms with Gasteiger partial charge >= 0.3 is 6.18 Å². The molecule has 0 saturated carbocycles. The molecule has 15 heavy (non-hydrogen) atoms. The first-order valence-electron chi connectivity index (χ1n) is 3.90. The first-order chi connectivity index (χ1) is 6.73. The number of halogens is 4. The molecule has 0 unspecified atom stereocenters. The number of carbonyl (C=O) groups excluding carboxylic acids is 1. The Kier molecular flexibility index (Phi) is 2.70. The predicted octanol–water partition coefficient (Wildman–Crippen LogP) is 2.63. The van der Waals surface area contributed by atoms with E-state index in [9.17, 15) is 22.4 Å². The summed E-state index contributed by atoms with van der Waals surface area (Å²) in [7, 11) is 0. The van der Waals surface area contributed by atoms with E-state index in [2.05, 4.69) is 0 Å². The van der Waals surface area contributed by atoms with E-state index in [0.29, 0.717) is 12.1 Å². The molecule has 82 valence electrons. The molecule has 1 aromatic rings. The van der Waals surface area contributed by atoms with Crippen molar-refractivity contribution in [3.8, 4) is 0 Å². The largest absolute Gasteiger partial charge is 0.418 e. The molecule has 0 aliphatic carbocycles. The summed E-state index contributed by atoms with van der Waals surface area (Å²) in [5.74, 6) is -1.83. The second-order valence-electron chi connectivity index (χ2n) is 2.97. The van der Waals surface area contributed by atoms with E-state index in [1.165, 1.54) is 0 Å². The minimum absolute atomic E-state index is 0.424. The van der Waals surface area contributed by atoms with E-state index in [0.717, 1.165) is 6.92 Å². The highest BCUT2D eigenvalue weighted by atomic mass is 19.4. The van der Waals surface area contributed by atoms with E-state index in [4.69, 9.17) is 5.73 Å². The smallest absolute Gasteiger partial charge is 0.398 e. The second-order valence-corrected chi connectivity index (χ2v) is 2.97. The van der Waals surface area contributed by atoms with Crippen molar-refractivity contribution < 1.29 is 22.4 Å². The first-order valence-corrected chi connectivity index (χ1v) is 3.90. The maximum Gasteiger partial charge on any atom is 0.418 e. The molecule has 0 saturated heterocycles. The maximum absolute atomic E-state index is 13.0. The number of benzene rings is 1. The number of hydrogen-bond donors (Lipinski definition) is 1. The van der Waals surface area contributed by atoms with E-state index in [1.54, 1.807) is 0 Å². The van der Waals surface area contributed by atoms with Gasteiger partial charge in [-0.2, -0.15) is 13.2 Å². The molecule has 0 atom stereocenters. The Morgan fingerprint density at radius 2 is 1.87 bits per heavy atom. The fourth-order valence-electron chi connectivity index (χ4n) is 1.10. The number of carbonyl (C=O) groups is 1. The third-order valence-electron chi connectivity index (χ3n) is 1.82. The highest BCUT2D eigenvalue weighted by Crippen LogP contribution is 2.34. The van der Waals surface area contributed by atoms with Crippen LogP contribution in [0.25, 0.3) is 0 Å². The lowest BCUT2D eigenvalue weighted by atomic mass is 10.1. The van der Waals surface area contributed by atoms with Crippen LogP contribution in [-0.4, -0.2) is 5.78 Å².